The average molecular weight is 162 g/mol. The van der Waals surface area contributed by atoms with Crippen molar-refractivity contribution in [3.63, 3.8) is 0 Å². The molecule has 0 amide bonds. The van der Waals surface area contributed by atoms with Crippen molar-refractivity contribution in [1.82, 2.24) is 9.97 Å². The highest BCUT2D eigenvalue weighted by atomic mass is 16.3. The molecule has 0 bridgehead atoms. The second-order valence-corrected chi connectivity index (χ2v) is 2.47. The number of hydrogen-bond donors (Lipinski definition) is 1. The van der Waals surface area contributed by atoms with Crippen LogP contribution >= 0.6 is 0 Å². The number of aryl methyl sites for hydroxylation is 1. The highest BCUT2D eigenvalue weighted by Crippen LogP contribution is 1.90. The van der Waals surface area contributed by atoms with E-state index in [0.29, 0.717) is 5.82 Å². The monoisotopic (exact) mass is 162 g/mol. The standard InChI is InChI=1S/C9H10N2O/c1-7-5-6-10-9(11-7)4-3-8(2)12/h5-6,8,12H,1-2H3. The summed E-state index contributed by atoms with van der Waals surface area (Å²) in [6.07, 6.45) is 1.02. The largest absolute Gasteiger partial charge is 0.381 e. The first-order valence-corrected chi connectivity index (χ1v) is 3.68. The first-order chi connectivity index (χ1) is 5.68. The van der Waals surface area contributed by atoms with Crippen molar-refractivity contribution in [3.05, 3.63) is 23.8 Å². The Morgan fingerprint density at radius 3 is 2.92 bits per heavy atom. The van der Waals surface area contributed by atoms with Crippen molar-refractivity contribution in [2.45, 2.75) is 20.0 Å². The van der Waals surface area contributed by atoms with Crippen molar-refractivity contribution in [2.75, 3.05) is 0 Å². The third kappa shape index (κ3) is 2.69. The van der Waals surface area contributed by atoms with E-state index in [-0.39, 0.29) is 0 Å². The summed E-state index contributed by atoms with van der Waals surface area (Å²) in [4.78, 5) is 7.96. The van der Waals surface area contributed by atoms with Crippen molar-refractivity contribution >= 4 is 0 Å². The van der Waals surface area contributed by atoms with E-state index in [9.17, 15) is 0 Å². The van der Waals surface area contributed by atoms with E-state index in [1.807, 2.05) is 6.92 Å². The first kappa shape index (κ1) is 8.69. The van der Waals surface area contributed by atoms with Crippen LogP contribution in [-0.2, 0) is 0 Å². The molecular weight excluding hydrogens is 152 g/mol. The number of aliphatic hydroxyl groups excluding tert-OH is 1. The lowest BCUT2D eigenvalue weighted by molar-refractivity contribution is 0.253. The van der Waals surface area contributed by atoms with E-state index in [1.54, 1.807) is 19.2 Å². The third-order valence-corrected chi connectivity index (χ3v) is 1.19. The Morgan fingerprint density at radius 1 is 1.58 bits per heavy atom. The molecule has 1 atom stereocenters. The average Bonchev–Trinajstić information content (AvgIpc) is 2.01. The van der Waals surface area contributed by atoms with E-state index in [2.05, 4.69) is 21.8 Å². The predicted molar refractivity (Wildman–Crippen MR) is 45.3 cm³/mol. The number of aromatic nitrogens is 2. The fourth-order valence-corrected chi connectivity index (χ4v) is 0.678. The Morgan fingerprint density at radius 2 is 2.33 bits per heavy atom. The van der Waals surface area contributed by atoms with E-state index in [0.717, 1.165) is 5.69 Å². The van der Waals surface area contributed by atoms with Crippen LogP contribution in [0.4, 0.5) is 0 Å². The maximum Gasteiger partial charge on any atom is 0.205 e. The lowest BCUT2D eigenvalue weighted by Gasteiger charge is -1.91. The Hall–Kier alpha value is -1.40. The molecule has 1 rings (SSSR count). The molecule has 0 aliphatic heterocycles. The minimum Gasteiger partial charge on any atom is -0.381 e. The van der Waals surface area contributed by atoms with Gasteiger partial charge in [0, 0.05) is 11.9 Å². The molecule has 12 heavy (non-hydrogen) atoms. The number of aliphatic hydroxyl groups is 1. The van der Waals surface area contributed by atoms with Gasteiger partial charge in [-0.15, -0.1) is 0 Å². The summed E-state index contributed by atoms with van der Waals surface area (Å²) in [5, 5.41) is 8.85. The molecule has 1 unspecified atom stereocenters. The summed E-state index contributed by atoms with van der Waals surface area (Å²) in [5.41, 5.74) is 0.875. The van der Waals surface area contributed by atoms with E-state index in [4.69, 9.17) is 5.11 Å². The van der Waals surface area contributed by atoms with Crippen LogP contribution in [-0.4, -0.2) is 21.2 Å². The molecule has 0 saturated heterocycles. The van der Waals surface area contributed by atoms with Crippen LogP contribution in [0.5, 0.6) is 0 Å². The summed E-state index contributed by atoms with van der Waals surface area (Å²) in [7, 11) is 0. The second kappa shape index (κ2) is 3.84. The number of hydrogen-bond acceptors (Lipinski definition) is 3. The van der Waals surface area contributed by atoms with Crippen LogP contribution < -0.4 is 0 Å². The Kier molecular flexibility index (Phi) is 2.78. The fourth-order valence-electron chi connectivity index (χ4n) is 0.678. The molecule has 3 heteroatoms. The van der Waals surface area contributed by atoms with Gasteiger partial charge in [0.05, 0.1) is 0 Å². The summed E-state index contributed by atoms with van der Waals surface area (Å²) < 4.78 is 0. The van der Waals surface area contributed by atoms with Crippen LogP contribution in [0, 0.1) is 18.8 Å². The second-order valence-electron chi connectivity index (χ2n) is 2.47. The third-order valence-electron chi connectivity index (χ3n) is 1.19. The normalized spacial score (nSPS) is 11.6. The summed E-state index contributed by atoms with van der Waals surface area (Å²) in [6.45, 7) is 3.47. The Bertz CT molecular complexity index is 323. The molecule has 1 aromatic heterocycles. The molecule has 0 spiro atoms. The highest BCUT2D eigenvalue weighted by Gasteiger charge is 1.90. The smallest absolute Gasteiger partial charge is 0.205 e. The van der Waals surface area contributed by atoms with Crippen molar-refractivity contribution in [3.8, 4) is 11.8 Å². The zero-order chi connectivity index (χ0) is 8.97. The van der Waals surface area contributed by atoms with Gasteiger partial charge in [0.2, 0.25) is 5.82 Å². The SMILES string of the molecule is Cc1ccnc(C#CC(C)O)n1. The minimum atomic E-state index is -0.630. The van der Waals surface area contributed by atoms with Gasteiger partial charge in [0.25, 0.3) is 0 Å². The van der Waals surface area contributed by atoms with Gasteiger partial charge in [-0.05, 0) is 25.8 Å². The molecule has 0 aliphatic rings. The van der Waals surface area contributed by atoms with Crippen molar-refractivity contribution < 1.29 is 5.11 Å². The summed E-state index contributed by atoms with van der Waals surface area (Å²) >= 11 is 0. The maximum atomic E-state index is 8.85. The molecule has 0 aromatic carbocycles. The minimum absolute atomic E-state index is 0.455. The van der Waals surface area contributed by atoms with E-state index >= 15 is 0 Å². The van der Waals surface area contributed by atoms with Gasteiger partial charge < -0.3 is 5.11 Å². The van der Waals surface area contributed by atoms with Gasteiger partial charge in [-0.1, -0.05) is 5.92 Å². The molecule has 0 radical (unpaired) electrons. The topological polar surface area (TPSA) is 46.0 Å². The molecule has 1 heterocycles. The lowest BCUT2D eigenvalue weighted by atomic mass is 10.4. The van der Waals surface area contributed by atoms with E-state index < -0.39 is 6.10 Å². The van der Waals surface area contributed by atoms with Crippen LogP contribution in [0.1, 0.15) is 18.4 Å². The molecule has 1 N–H and O–H groups in total. The lowest BCUT2D eigenvalue weighted by Crippen LogP contribution is -1.95. The zero-order valence-electron chi connectivity index (χ0n) is 7.07. The van der Waals surface area contributed by atoms with Crippen molar-refractivity contribution in [1.29, 1.82) is 0 Å². The quantitative estimate of drug-likeness (QED) is 0.565. The van der Waals surface area contributed by atoms with Gasteiger partial charge in [-0.2, -0.15) is 0 Å². The van der Waals surface area contributed by atoms with Gasteiger partial charge >= 0.3 is 0 Å². The van der Waals surface area contributed by atoms with Crippen LogP contribution in [0.15, 0.2) is 12.3 Å². The molecule has 0 aliphatic carbocycles. The van der Waals surface area contributed by atoms with Crippen LogP contribution in [0.25, 0.3) is 0 Å². The Balaban J connectivity index is 2.85. The molecule has 0 fully saturated rings. The molecule has 62 valence electrons. The molecule has 1 aromatic rings. The number of rotatable bonds is 0. The van der Waals surface area contributed by atoms with Crippen LogP contribution in [0.3, 0.4) is 0 Å². The molecule has 0 saturated carbocycles. The molecule has 3 nitrogen and oxygen atoms in total. The van der Waals surface area contributed by atoms with Gasteiger partial charge in [-0.25, -0.2) is 9.97 Å². The fraction of sp³-hybridized carbons (Fsp3) is 0.333. The highest BCUT2D eigenvalue weighted by molar-refractivity contribution is 5.22. The zero-order valence-corrected chi connectivity index (χ0v) is 7.07. The summed E-state index contributed by atoms with van der Waals surface area (Å²) in [6, 6.07) is 1.80. The van der Waals surface area contributed by atoms with E-state index in [1.165, 1.54) is 0 Å². The summed E-state index contributed by atoms with van der Waals surface area (Å²) in [5.74, 6) is 5.69. The van der Waals surface area contributed by atoms with Gasteiger partial charge in [0.1, 0.15) is 6.10 Å². The maximum absolute atomic E-state index is 8.85. The Labute approximate surface area is 71.5 Å². The molecular formula is C9H10N2O. The number of nitrogens with zero attached hydrogens (tertiary/aromatic N) is 2. The van der Waals surface area contributed by atoms with Gasteiger partial charge in [-0.3, -0.25) is 0 Å². The van der Waals surface area contributed by atoms with Crippen molar-refractivity contribution in [2.24, 2.45) is 0 Å². The first-order valence-electron chi connectivity index (χ1n) is 3.68. The van der Waals surface area contributed by atoms with Gasteiger partial charge in [0.15, 0.2) is 0 Å². The van der Waals surface area contributed by atoms with Crippen LogP contribution in [0.2, 0.25) is 0 Å². The predicted octanol–water partition coefficient (Wildman–Crippen LogP) is 0.517.